The number of carbonyl (C=O) groups excluding carboxylic acids is 1. The fraction of sp³-hybridized carbons (Fsp3) is 0.594. The summed E-state index contributed by atoms with van der Waals surface area (Å²) in [6, 6.07) is 11.8. The van der Waals surface area contributed by atoms with Crippen LogP contribution in [0.15, 0.2) is 36.4 Å². The van der Waals surface area contributed by atoms with Gasteiger partial charge in [0, 0.05) is 0 Å². The van der Waals surface area contributed by atoms with E-state index >= 15 is 0 Å². The second kappa shape index (κ2) is 10.5. The Balaban J connectivity index is 1.32. The minimum absolute atomic E-state index is 0.251. The van der Waals surface area contributed by atoms with Crippen LogP contribution in [-0.4, -0.2) is 34.2 Å². The molecular formula is C32H44N2O4S. The van der Waals surface area contributed by atoms with Crippen LogP contribution in [0.3, 0.4) is 0 Å². The van der Waals surface area contributed by atoms with Crippen molar-refractivity contribution >= 4 is 21.6 Å². The van der Waals surface area contributed by atoms with E-state index in [4.69, 9.17) is 4.74 Å². The minimum Gasteiger partial charge on any atom is -0.496 e. The lowest BCUT2D eigenvalue weighted by atomic mass is 9.48. The molecule has 0 radical (unpaired) electrons. The molecule has 0 saturated heterocycles. The highest BCUT2D eigenvalue weighted by Crippen LogP contribution is 2.60. The molecule has 7 heteroatoms. The predicted octanol–water partition coefficient (Wildman–Crippen LogP) is 6.24. The minimum atomic E-state index is -3.65. The van der Waals surface area contributed by atoms with Crippen molar-refractivity contribution in [2.45, 2.75) is 83.6 Å². The lowest BCUT2D eigenvalue weighted by Gasteiger charge is -2.57. The Hall–Kier alpha value is -2.54. The molecule has 2 aromatic carbocycles. The Morgan fingerprint density at radius 2 is 1.56 bits per heavy atom. The number of sulfonamides is 1. The normalized spacial score (nSPS) is 26.5. The van der Waals surface area contributed by atoms with E-state index in [-0.39, 0.29) is 29.8 Å². The van der Waals surface area contributed by atoms with Crippen LogP contribution in [0.2, 0.25) is 0 Å². The van der Waals surface area contributed by atoms with Crippen molar-refractivity contribution < 1.29 is 17.9 Å². The number of rotatable bonds is 9. The third-order valence-electron chi connectivity index (χ3n) is 9.58. The van der Waals surface area contributed by atoms with Gasteiger partial charge in [-0.1, -0.05) is 26.0 Å². The molecule has 0 spiro atoms. The van der Waals surface area contributed by atoms with Crippen molar-refractivity contribution in [1.82, 2.24) is 5.32 Å². The van der Waals surface area contributed by atoms with Crippen LogP contribution in [0.4, 0.5) is 5.69 Å². The van der Waals surface area contributed by atoms with Crippen LogP contribution in [0, 0.1) is 24.7 Å². The lowest BCUT2D eigenvalue weighted by Crippen LogP contribution is -2.48. The number of methoxy groups -OCH3 is 1. The van der Waals surface area contributed by atoms with Gasteiger partial charge in [0.2, 0.25) is 15.9 Å². The average molecular weight is 553 g/mol. The average Bonchev–Trinajstić information content (AvgIpc) is 2.85. The van der Waals surface area contributed by atoms with Crippen LogP contribution in [0.25, 0.3) is 0 Å². The number of aryl methyl sites for hydroxylation is 1. The van der Waals surface area contributed by atoms with E-state index in [2.05, 4.69) is 37.4 Å². The summed E-state index contributed by atoms with van der Waals surface area (Å²) in [5, 5.41) is 3.03. The topological polar surface area (TPSA) is 75.7 Å². The molecule has 6 nitrogen and oxygen atoms in total. The maximum absolute atomic E-state index is 13.2. The van der Waals surface area contributed by atoms with Gasteiger partial charge in [0.25, 0.3) is 0 Å². The first-order chi connectivity index (χ1) is 18.4. The molecule has 4 saturated carbocycles. The maximum Gasteiger partial charge on any atom is 0.241 e. The first-order valence-corrected chi connectivity index (χ1v) is 16.3. The summed E-state index contributed by atoms with van der Waals surface area (Å²) in [6.45, 7) is 7.89. The molecule has 4 aliphatic carbocycles. The SMILES string of the molecule is COc1cc(C)c([C@@H](C)NC(=O)CN(c2ccc(C34CC5CC(CC(C5)C3)C4)cc2)S(C)(=O)=O)cc1C(C)C. The van der Waals surface area contributed by atoms with E-state index in [1.165, 1.54) is 54.6 Å². The highest BCUT2D eigenvalue weighted by atomic mass is 32.2. The first kappa shape index (κ1) is 28.0. The number of benzene rings is 2. The van der Waals surface area contributed by atoms with Gasteiger partial charge in [0.1, 0.15) is 12.3 Å². The monoisotopic (exact) mass is 552 g/mol. The smallest absolute Gasteiger partial charge is 0.241 e. The summed E-state index contributed by atoms with van der Waals surface area (Å²) in [6.07, 6.45) is 9.12. The third kappa shape index (κ3) is 5.57. The summed E-state index contributed by atoms with van der Waals surface area (Å²) in [4.78, 5) is 13.2. The summed E-state index contributed by atoms with van der Waals surface area (Å²) in [7, 11) is -1.98. The molecule has 4 aliphatic rings. The number of nitrogens with zero attached hydrogens (tertiary/aromatic N) is 1. The Labute approximate surface area is 234 Å². The van der Waals surface area contributed by atoms with Gasteiger partial charge < -0.3 is 10.1 Å². The molecule has 4 bridgehead atoms. The van der Waals surface area contributed by atoms with E-state index < -0.39 is 10.0 Å². The Morgan fingerprint density at radius 1 is 1.00 bits per heavy atom. The van der Waals surface area contributed by atoms with E-state index in [0.717, 1.165) is 40.2 Å². The molecule has 0 heterocycles. The van der Waals surface area contributed by atoms with Crippen LogP contribution in [0.1, 0.15) is 93.5 Å². The summed E-state index contributed by atoms with van der Waals surface area (Å²) < 4.78 is 32.4. The zero-order chi connectivity index (χ0) is 28.1. The van der Waals surface area contributed by atoms with Gasteiger partial charge in [-0.25, -0.2) is 8.42 Å². The Bertz CT molecular complexity index is 1300. The number of hydrogen-bond donors (Lipinski definition) is 1. The van der Waals surface area contributed by atoms with Crippen molar-refractivity contribution in [2.24, 2.45) is 17.8 Å². The Kier molecular flexibility index (Phi) is 7.51. The van der Waals surface area contributed by atoms with E-state index in [1.54, 1.807) is 7.11 Å². The second-order valence-electron chi connectivity index (χ2n) is 12.9. The number of anilines is 1. The zero-order valence-electron chi connectivity index (χ0n) is 24.3. The van der Waals surface area contributed by atoms with Crippen LogP contribution >= 0.6 is 0 Å². The van der Waals surface area contributed by atoms with E-state index in [9.17, 15) is 13.2 Å². The molecule has 0 unspecified atom stereocenters. The van der Waals surface area contributed by atoms with Gasteiger partial charge in [0.15, 0.2) is 0 Å². The van der Waals surface area contributed by atoms with Crippen molar-refractivity contribution in [3.05, 3.63) is 58.7 Å². The third-order valence-corrected chi connectivity index (χ3v) is 10.7. The highest BCUT2D eigenvalue weighted by Gasteiger charge is 2.51. The van der Waals surface area contributed by atoms with Crippen molar-refractivity contribution in [3.63, 3.8) is 0 Å². The molecule has 4 fully saturated rings. The highest BCUT2D eigenvalue weighted by molar-refractivity contribution is 7.92. The summed E-state index contributed by atoms with van der Waals surface area (Å²) in [5.74, 6) is 3.31. The number of ether oxygens (including phenoxy) is 1. The van der Waals surface area contributed by atoms with Gasteiger partial charge in [-0.15, -0.1) is 0 Å². The molecule has 0 aromatic heterocycles. The quantitative estimate of drug-likeness (QED) is 0.400. The van der Waals surface area contributed by atoms with Gasteiger partial charge in [0.05, 0.1) is 25.1 Å². The first-order valence-electron chi connectivity index (χ1n) is 14.4. The molecule has 1 N–H and O–H groups in total. The van der Waals surface area contributed by atoms with Crippen LogP contribution < -0.4 is 14.4 Å². The fourth-order valence-electron chi connectivity index (χ4n) is 8.15. The van der Waals surface area contributed by atoms with Gasteiger partial charge in [-0.2, -0.15) is 0 Å². The van der Waals surface area contributed by atoms with Gasteiger partial charge in [-0.05, 0) is 128 Å². The maximum atomic E-state index is 13.2. The molecule has 2 aromatic rings. The molecular weight excluding hydrogens is 508 g/mol. The van der Waals surface area contributed by atoms with Gasteiger partial charge in [-0.3, -0.25) is 9.10 Å². The number of nitrogens with one attached hydrogen (secondary N) is 1. The standard InChI is InChI=1S/C32H44N2O4S/c1-20(2)28-15-29(21(3)11-30(28)38-5)22(4)33-31(35)19-34(39(6,36)37)27-9-7-26(8-10-27)32-16-23-12-24(17-32)14-25(13-23)18-32/h7-11,15,20,22-25H,12-14,16-19H2,1-6H3,(H,33,35)/t22-,23?,24?,25?,32?/m1/s1. The van der Waals surface area contributed by atoms with Crippen molar-refractivity contribution in [3.8, 4) is 5.75 Å². The van der Waals surface area contributed by atoms with Gasteiger partial charge >= 0.3 is 0 Å². The largest absolute Gasteiger partial charge is 0.496 e. The number of amides is 1. The number of hydrogen-bond acceptors (Lipinski definition) is 4. The van der Waals surface area contributed by atoms with E-state index in [1.807, 2.05) is 32.0 Å². The molecule has 0 aliphatic heterocycles. The second-order valence-corrected chi connectivity index (χ2v) is 14.8. The Morgan fingerprint density at radius 3 is 2.05 bits per heavy atom. The molecule has 6 rings (SSSR count). The molecule has 1 amide bonds. The molecule has 1 atom stereocenters. The predicted molar refractivity (Wildman–Crippen MR) is 157 cm³/mol. The van der Waals surface area contributed by atoms with Crippen molar-refractivity contribution in [1.29, 1.82) is 0 Å². The molecule has 212 valence electrons. The summed E-state index contributed by atoms with van der Waals surface area (Å²) in [5.41, 5.74) is 5.23. The van der Waals surface area contributed by atoms with Crippen LogP contribution in [-0.2, 0) is 20.2 Å². The van der Waals surface area contributed by atoms with Crippen molar-refractivity contribution in [2.75, 3.05) is 24.2 Å². The summed E-state index contributed by atoms with van der Waals surface area (Å²) >= 11 is 0. The zero-order valence-corrected chi connectivity index (χ0v) is 25.1. The van der Waals surface area contributed by atoms with E-state index in [0.29, 0.717) is 5.69 Å². The fourth-order valence-corrected chi connectivity index (χ4v) is 9.01. The molecule has 39 heavy (non-hydrogen) atoms. The number of carbonyl (C=O) groups is 1. The lowest BCUT2D eigenvalue weighted by molar-refractivity contribution is -0.120. The van der Waals surface area contributed by atoms with Crippen LogP contribution in [0.5, 0.6) is 5.75 Å².